The van der Waals surface area contributed by atoms with E-state index >= 15 is 0 Å². The highest BCUT2D eigenvalue weighted by Crippen LogP contribution is 2.31. The molecule has 0 aliphatic carbocycles. The molecule has 0 N–H and O–H groups in total. The van der Waals surface area contributed by atoms with E-state index in [1.807, 2.05) is 0 Å². The minimum atomic E-state index is -0.273. The summed E-state index contributed by atoms with van der Waals surface area (Å²) in [5.41, 5.74) is 2.50. The summed E-state index contributed by atoms with van der Waals surface area (Å²) in [7, 11) is 0. The summed E-state index contributed by atoms with van der Waals surface area (Å²) in [5, 5.41) is 0. The molecule has 3 nitrogen and oxygen atoms in total. The van der Waals surface area contributed by atoms with Crippen molar-refractivity contribution >= 4 is 0 Å². The van der Waals surface area contributed by atoms with Crippen LogP contribution in [0.1, 0.15) is 74.7 Å². The first-order valence-electron chi connectivity index (χ1n) is 8.99. The molecule has 3 atom stereocenters. The number of hydrogen-bond acceptors (Lipinski definition) is 3. The highest BCUT2D eigenvalue weighted by Gasteiger charge is 2.29. The first-order valence-corrected chi connectivity index (χ1v) is 8.99. The lowest BCUT2D eigenvalue weighted by atomic mass is 9.90. The molecule has 0 bridgehead atoms. The Kier molecular flexibility index (Phi) is 7.82. The Bertz CT molecular complexity index is 429. The Hall–Kier alpha value is -0.800. The molecule has 0 aromatic carbocycles. The standard InChI is InChI=1S/C20H36O3/c1-9-14(3)11-15(4)19(20(6,7)8)21-13-18-22-16(5)12-17(10-2)23-18/h11,16-18H,9-10,12-13H2,1-8H3/b14-11+,19-15+/t16-,17+,18-/m1/s1. The fourth-order valence-electron chi connectivity index (χ4n) is 2.94. The maximum atomic E-state index is 6.18. The molecule has 1 fully saturated rings. The third-order valence-electron chi connectivity index (χ3n) is 4.20. The zero-order valence-corrected chi connectivity index (χ0v) is 16.4. The van der Waals surface area contributed by atoms with Crippen LogP contribution in [-0.4, -0.2) is 25.1 Å². The van der Waals surface area contributed by atoms with Gasteiger partial charge in [-0.15, -0.1) is 0 Å². The minimum absolute atomic E-state index is 0.0426. The van der Waals surface area contributed by atoms with E-state index in [1.165, 1.54) is 11.1 Å². The van der Waals surface area contributed by atoms with Crippen LogP contribution in [0, 0.1) is 5.41 Å². The highest BCUT2D eigenvalue weighted by molar-refractivity contribution is 5.26. The van der Waals surface area contributed by atoms with Crippen LogP contribution in [0.3, 0.4) is 0 Å². The molecule has 1 saturated heterocycles. The number of rotatable bonds is 6. The van der Waals surface area contributed by atoms with E-state index < -0.39 is 0 Å². The van der Waals surface area contributed by atoms with Crippen molar-refractivity contribution in [2.24, 2.45) is 5.41 Å². The van der Waals surface area contributed by atoms with Crippen molar-refractivity contribution in [3.05, 3.63) is 23.0 Å². The Morgan fingerprint density at radius 3 is 2.35 bits per heavy atom. The van der Waals surface area contributed by atoms with Crippen LogP contribution in [0.5, 0.6) is 0 Å². The molecule has 0 spiro atoms. The van der Waals surface area contributed by atoms with E-state index in [2.05, 4.69) is 61.5 Å². The molecular formula is C20H36O3. The van der Waals surface area contributed by atoms with Crippen LogP contribution in [0.15, 0.2) is 23.0 Å². The minimum Gasteiger partial charge on any atom is -0.492 e. The molecule has 0 amide bonds. The average molecular weight is 325 g/mol. The van der Waals surface area contributed by atoms with Crippen molar-refractivity contribution in [2.45, 2.75) is 93.2 Å². The molecular weight excluding hydrogens is 288 g/mol. The summed E-state index contributed by atoms with van der Waals surface area (Å²) in [5.74, 6) is 1.02. The van der Waals surface area contributed by atoms with Crippen LogP contribution in [0.4, 0.5) is 0 Å². The van der Waals surface area contributed by atoms with Crippen molar-refractivity contribution in [2.75, 3.05) is 6.61 Å². The van der Waals surface area contributed by atoms with Crippen LogP contribution < -0.4 is 0 Å². The van der Waals surface area contributed by atoms with Gasteiger partial charge in [-0.2, -0.15) is 0 Å². The van der Waals surface area contributed by atoms with Gasteiger partial charge in [-0.1, -0.05) is 46.3 Å². The quantitative estimate of drug-likeness (QED) is 0.469. The second kappa shape index (κ2) is 8.89. The summed E-state index contributed by atoms with van der Waals surface area (Å²) in [6.07, 6.45) is 5.49. The van der Waals surface area contributed by atoms with Gasteiger partial charge in [-0.25, -0.2) is 0 Å². The highest BCUT2D eigenvalue weighted by atomic mass is 16.7. The number of ether oxygens (including phenoxy) is 3. The van der Waals surface area contributed by atoms with Crippen molar-refractivity contribution in [3.8, 4) is 0 Å². The molecule has 0 saturated carbocycles. The van der Waals surface area contributed by atoms with Gasteiger partial charge in [0.2, 0.25) is 0 Å². The molecule has 0 aromatic heterocycles. The van der Waals surface area contributed by atoms with Gasteiger partial charge >= 0.3 is 0 Å². The van der Waals surface area contributed by atoms with Gasteiger partial charge in [0.05, 0.1) is 12.2 Å². The maximum absolute atomic E-state index is 6.18. The Morgan fingerprint density at radius 1 is 1.17 bits per heavy atom. The number of allylic oxidation sites excluding steroid dienone is 4. The Balaban J connectivity index is 2.81. The lowest BCUT2D eigenvalue weighted by molar-refractivity contribution is -0.253. The molecule has 134 valence electrons. The normalized spacial score (nSPS) is 27.7. The van der Waals surface area contributed by atoms with Crippen LogP contribution in [0.2, 0.25) is 0 Å². The SMILES string of the molecule is CC/C(C)=C/C(C)=C(/OC[C@H]1O[C@@H](CC)C[C@@H](C)O1)C(C)(C)C. The zero-order chi connectivity index (χ0) is 17.6. The fourth-order valence-corrected chi connectivity index (χ4v) is 2.94. The second-order valence-corrected chi connectivity index (χ2v) is 7.70. The third kappa shape index (κ3) is 6.68. The van der Waals surface area contributed by atoms with Crippen LogP contribution in [-0.2, 0) is 14.2 Å². The first kappa shape index (κ1) is 20.2. The lowest BCUT2D eigenvalue weighted by Gasteiger charge is -2.35. The van der Waals surface area contributed by atoms with Gasteiger partial charge in [0.1, 0.15) is 12.4 Å². The summed E-state index contributed by atoms with van der Waals surface area (Å²) < 4.78 is 18.0. The average Bonchev–Trinajstić information content (AvgIpc) is 2.45. The van der Waals surface area contributed by atoms with Crippen LogP contribution in [0.25, 0.3) is 0 Å². The van der Waals surface area contributed by atoms with Crippen molar-refractivity contribution in [3.63, 3.8) is 0 Å². The predicted molar refractivity (Wildman–Crippen MR) is 96.3 cm³/mol. The molecule has 1 rings (SSSR count). The largest absolute Gasteiger partial charge is 0.492 e. The van der Waals surface area contributed by atoms with Crippen molar-refractivity contribution in [1.29, 1.82) is 0 Å². The predicted octanol–water partition coefficient (Wildman–Crippen LogP) is 5.61. The van der Waals surface area contributed by atoms with Gasteiger partial charge in [0, 0.05) is 5.41 Å². The smallest absolute Gasteiger partial charge is 0.192 e. The number of hydrogen-bond donors (Lipinski definition) is 0. The molecule has 1 heterocycles. The topological polar surface area (TPSA) is 27.7 Å². The van der Waals surface area contributed by atoms with E-state index in [-0.39, 0.29) is 23.9 Å². The third-order valence-corrected chi connectivity index (χ3v) is 4.20. The summed E-state index contributed by atoms with van der Waals surface area (Å²) in [6.45, 7) is 17.7. The van der Waals surface area contributed by atoms with E-state index in [0.717, 1.165) is 25.0 Å². The van der Waals surface area contributed by atoms with Crippen LogP contribution >= 0.6 is 0 Å². The monoisotopic (exact) mass is 324 g/mol. The van der Waals surface area contributed by atoms with Crippen molar-refractivity contribution in [1.82, 2.24) is 0 Å². The van der Waals surface area contributed by atoms with Gasteiger partial charge < -0.3 is 14.2 Å². The van der Waals surface area contributed by atoms with Gasteiger partial charge in [-0.05, 0) is 45.6 Å². The summed E-state index contributed by atoms with van der Waals surface area (Å²) >= 11 is 0. The Labute approximate surface area is 143 Å². The molecule has 0 aromatic rings. The van der Waals surface area contributed by atoms with Gasteiger partial charge in [0.25, 0.3) is 0 Å². The van der Waals surface area contributed by atoms with Gasteiger partial charge in [0.15, 0.2) is 6.29 Å². The molecule has 3 heteroatoms. The van der Waals surface area contributed by atoms with E-state index in [9.17, 15) is 0 Å². The van der Waals surface area contributed by atoms with E-state index in [1.54, 1.807) is 0 Å². The molecule has 0 radical (unpaired) electrons. The van der Waals surface area contributed by atoms with Crippen molar-refractivity contribution < 1.29 is 14.2 Å². The molecule has 1 aliphatic rings. The zero-order valence-electron chi connectivity index (χ0n) is 16.4. The van der Waals surface area contributed by atoms with Gasteiger partial charge in [-0.3, -0.25) is 0 Å². The first-order chi connectivity index (χ1) is 10.7. The summed E-state index contributed by atoms with van der Waals surface area (Å²) in [6, 6.07) is 0. The maximum Gasteiger partial charge on any atom is 0.192 e. The molecule has 23 heavy (non-hydrogen) atoms. The molecule has 0 unspecified atom stereocenters. The van der Waals surface area contributed by atoms with E-state index in [4.69, 9.17) is 14.2 Å². The lowest BCUT2D eigenvalue weighted by Crippen LogP contribution is -2.39. The van der Waals surface area contributed by atoms with E-state index in [0.29, 0.717) is 6.61 Å². The Morgan fingerprint density at radius 2 is 1.83 bits per heavy atom. The second-order valence-electron chi connectivity index (χ2n) is 7.70. The summed E-state index contributed by atoms with van der Waals surface area (Å²) in [4.78, 5) is 0. The fraction of sp³-hybridized carbons (Fsp3) is 0.800. The molecule has 1 aliphatic heterocycles.